The van der Waals surface area contributed by atoms with Crippen LogP contribution in [0.2, 0.25) is 5.02 Å². The third-order valence-electron chi connectivity index (χ3n) is 8.64. The number of ether oxygens (including phenoxy) is 3. The molecule has 9 nitrogen and oxygen atoms in total. The number of carbonyl (C=O) groups is 2. The van der Waals surface area contributed by atoms with Crippen molar-refractivity contribution in [3.63, 3.8) is 0 Å². The second-order valence-electron chi connectivity index (χ2n) is 12.6. The number of aliphatic hydroxyl groups is 2. The lowest BCUT2D eigenvalue weighted by Gasteiger charge is -2.46. The molecule has 11 heteroatoms. The highest BCUT2D eigenvalue weighted by Gasteiger charge is 2.47. The minimum absolute atomic E-state index is 0.00487. The highest BCUT2D eigenvalue weighted by atomic mass is 35.5. The molecular weight excluding hydrogens is 639 g/mol. The summed E-state index contributed by atoms with van der Waals surface area (Å²) in [6.45, 7) is 1.52. The van der Waals surface area contributed by atoms with Crippen molar-refractivity contribution in [2.24, 2.45) is 0 Å². The van der Waals surface area contributed by atoms with Gasteiger partial charge in [-0.2, -0.15) is 0 Å². The summed E-state index contributed by atoms with van der Waals surface area (Å²) in [7, 11) is 1.52. The van der Waals surface area contributed by atoms with Gasteiger partial charge in [0.15, 0.2) is 17.3 Å². The molecule has 1 aliphatic carbocycles. The molecule has 48 heavy (non-hydrogen) atoms. The van der Waals surface area contributed by atoms with E-state index in [1.54, 1.807) is 37.3 Å². The largest absolute Gasteiger partial charge is 0.493 e. The SMILES string of the molecule is COc1cc(C(=O)CCC(C)(O)c2cc(C3(O)CN(C(=O)OCc4ccccc4)C3)cc(-c3ccc(F)c(Cl)c3)n2)ccc1OC1CC1. The summed E-state index contributed by atoms with van der Waals surface area (Å²) in [6, 6.07) is 21.6. The van der Waals surface area contributed by atoms with Gasteiger partial charge < -0.3 is 29.3 Å². The maximum Gasteiger partial charge on any atom is 0.410 e. The van der Waals surface area contributed by atoms with E-state index in [9.17, 15) is 24.2 Å². The summed E-state index contributed by atoms with van der Waals surface area (Å²) < 4.78 is 30.7. The van der Waals surface area contributed by atoms with Crippen LogP contribution in [0, 0.1) is 5.82 Å². The number of halogens is 2. The molecule has 0 bridgehead atoms. The van der Waals surface area contributed by atoms with E-state index < -0.39 is 23.1 Å². The Kier molecular flexibility index (Phi) is 9.42. The molecule has 1 aromatic heterocycles. The second kappa shape index (κ2) is 13.5. The van der Waals surface area contributed by atoms with Crippen molar-refractivity contribution in [2.75, 3.05) is 20.2 Å². The number of amides is 1. The molecule has 0 radical (unpaired) electrons. The van der Waals surface area contributed by atoms with Gasteiger partial charge in [-0.3, -0.25) is 4.79 Å². The highest BCUT2D eigenvalue weighted by molar-refractivity contribution is 6.31. The monoisotopic (exact) mass is 674 g/mol. The first kappa shape index (κ1) is 33.4. The molecule has 1 saturated carbocycles. The number of likely N-dealkylation sites (tertiary alicyclic amines) is 1. The molecule has 1 aliphatic heterocycles. The zero-order valence-corrected chi connectivity index (χ0v) is 27.4. The van der Waals surface area contributed by atoms with E-state index in [4.69, 9.17) is 25.8 Å². The Labute approximate surface area is 282 Å². The predicted molar refractivity (Wildman–Crippen MR) is 177 cm³/mol. The Hall–Kier alpha value is -4.51. The van der Waals surface area contributed by atoms with Crippen molar-refractivity contribution < 1.29 is 38.4 Å². The fourth-order valence-corrected chi connectivity index (χ4v) is 5.70. The molecule has 2 N–H and O–H groups in total. The number of methoxy groups -OCH3 is 1. The van der Waals surface area contributed by atoms with E-state index in [2.05, 4.69) is 4.98 Å². The van der Waals surface area contributed by atoms with Gasteiger partial charge in [0.25, 0.3) is 0 Å². The number of aromatic nitrogens is 1. The number of hydrogen-bond donors (Lipinski definition) is 2. The molecule has 1 unspecified atom stereocenters. The lowest BCUT2D eigenvalue weighted by Crippen LogP contribution is -2.61. The number of pyridine rings is 1. The van der Waals surface area contributed by atoms with Gasteiger partial charge in [-0.25, -0.2) is 14.2 Å². The van der Waals surface area contributed by atoms with Crippen LogP contribution in [0.4, 0.5) is 9.18 Å². The van der Waals surface area contributed by atoms with Crippen molar-refractivity contribution in [3.05, 3.63) is 112 Å². The quantitative estimate of drug-likeness (QED) is 0.158. The average Bonchev–Trinajstić information content (AvgIpc) is 3.90. The van der Waals surface area contributed by atoms with E-state index in [0.29, 0.717) is 33.9 Å². The number of β-amino-alcohol motifs (C(OH)–C–C–N with tert-alkyl or cyclic N) is 1. The molecule has 3 aromatic carbocycles. The molecule has 2 fully saturated rings. The van der Waals surface area contributed by atoms with E-state index in [1.807, 2.05) is 30.3 Å². The Morgan fingerprint density at radius 1 is 1.04 bits per heavy atom. The molecule has 4 aromatic rings. The van der Waals surface area contributed by atoms with Gasteiger partial charge in [-0.1, -0.05) is 41.9 Å². The van der Waals surface area contributed by atoms with Gasteiger partial charge in [0.1, 0.15) is 23.6 Å². The fourth-order valence-electron chi connectivity index (χ4n) is 5.52. The van der Waals surface area contributed by atoms with Crippen LogP contribution in [-0.2, 0) is 22.5 Å². The number of ketones is 1. The van der Waals surface area contributed by atoms with Crippen LogP contribution in [0.5, 0.6) is 11.5 Å². The molecular formula is C37H36ClFN2O7. The summed E-state index contributed by atoms with van der Waals surface area (Å²) in [5.41, 5.74) is -0.485. The smallest absolute Gasteiger partial charge is 0.410 e. The molecule has 2 heterocycles. The zero-order chi connectivity index (χ0) is 34.1. The number of hydrogen-bond acceptors (Lipinski definition) is 8. The van der Waals surface area contributed by atoms with Crippen LogP contribution in [-0.4, -0.2) is 58.3 Å². The van der Waals surface area contributed by atoms with Gasteiger partial charge in [-0.15, -0.1) is 0 Å². The maximum absolute atomic E-state index is 14.0. The summed E-state index contributed by atoms with van der Waals surface area (Å²) in [5, 5.41) is 23.2. The second-order valence-corrected chi connectivity index (χ2v) is 13.0. The van der Waals surface area contributed by atoms with Gasteiger partial charge >= 0.3 is 6.09 Å². The van der Waals surface area contributed by atoms with Gasteiger partial charge in [-0.05, 0) is 85.8 Å². The van der Waals surface area contributed by atoms with Gasteiger partial charge in [0.05, 0.1) is 42.7 Å². The highest BCUT2D eigenvalue weighted by Crippen LogP contribution is 2.39. The number of benzene rings is 3. The normalized spacial score (nSPS) is 16.4. The van der Waals surface area contributed by atoms with E-state index in [-0.39, 0.29) is 55.1 Å². The lowest BCUT2D eigenvalue weighted by molar-refractivity contribution is -0.0951. The van der Waals surface area contributed by atoms with E-state index >= 15 is 0 Å². The Bertz CT molecular complexity index is 1820. The van der Waals surface area contributed by atoms with Crippen molar-refractivity contribution >= 4 is 23.5 Å². The zero-order valence-electron chi connectivity index (χ0n) is 26.6. The first-order chi connectivity index (χ1) is 22.9. The topological polar surface area (TPSA) is 118 Å². The number of nitrogens with zero attached hydrogens (tertiary/aromatic N) is 2. The van der Waals surface area contributed by atoms with Crippen molar-refractivity contribution in [1.29, 1.82) is 0 Å². The van der Waals surface area contributed by atoms with Crippen molar-refractivity contribution in [2.45, 2.75) is 56.5 Å². The van der Waals surface area contributed by atoms with Crippen LogP contribution in [0.3, 0.4) is 0 Å². The maximum atomic E-state index is 14.0. The van der Waals surface area contributed by atoms with Crippen LogP contribution in [0.1, 0.15) is 59.8 Å². The van der Waals surface area contributed by atoms with Crippen molar-refractivity contribution in [1.82, 2.24) is 9.88 Å². The minimum Gasteiger partial charge on any atom is -0.493 e. The first-order valence-electron chi connectivity index (χ1n) is 15.7. The Morgan fingerprint density at radius 3 is 2.48 bits per heavy atom. The third-order valence-corrected chi connectivity index (χ3v) is 8.93. The van der Waals surface area contributed by atoms with Crippen LogP contribution in [0.25, 0.3) is 11.3 Å². The van der Waals surface area contributed by atoms with Gasteiger partial charge in [0, 0.05) is 17.5 Å². The summed E-state index contributed by atoms with van der Waals surface area (Å²) in [5.74, 6) is 0.224. The Morgan fingerprint density at radius 2 is 1.79 bits per heavy atom. The number of rotatable bonds is 12. The summed E-state index contributed by atoms with van der Waals surface area (Å²) in [4.78, 5) is 32.0. The molecule has 0 spiro atoms. The van der Waals surface area contributed by atoms with Crippen LogP contribution < -0.4 is 9.47 Å². The molecule has 250 valence electrons. The van der Waals surface area contributed by atoms with E-state index in [0.717, 1.165) is 18.4 Å². The fraction of sp³-hybridized carbons (Fsp3) is 0.324. The summed E-state index contributed by atoms with van der Waals surface area (Å²) in [6.07, 6.45) is 1.56. The van der Waals surface area contributed by atoms with Crippen LogP contribution >= 0.6 is 11.6 Å². The number of carbonyl (C=O) groups excluding carboxylic acids is 2. The molecule has 1 atom stereocenters. The van der Waals surface area contributed by atoms with E-state index in [1.165, 1.54) is 30.2 Å². The van der Waals surface area contributed by atoms with Crippen molar-refractivity contribution in [3.8, 4) is 22.8 Å². The molecule has 6 rings (SSSR count). The molecule has 2 aliphatic rings. The summed E-state index contributed by atoms with van der Waals surface area (Å²) >= 11 is 6.08. The molecule has 1 amide bonds. The van der Waals surface area contributed by atoms with Gasteiger partial charge in [0.2, 0.25) is 0 Å². The Balaban J connectivity index is 1.21. The minimum atomic E-state index is -1.61. The standard InChI is InChI=1S/C37H36ClFN2O7/c1-36(44,15-14-31(42)25-9-13-32(33(17-25)46-2)48-27-10-11-27)34-19-26(18-30(40-34)24-8-12-29(39)28(38)16-24)37(45)21-41(22-37)35(43)47-20-23-6-4-3-5-7-23/h3-9,12-13,16-19,27,44-45H,10-11,14-15,20-22H2,1-2H3. The third kappa shape index (κ3) is 7.46. The number of Topliss-reactive ketones (excluding diaryl/α,β-unsaturated/α-hetero) is 1. The lowest BCUT2D eigenvalue weighted by atomic mass is 9.83. The predicted octanol–water partition coefficient (Wildman–Crippen LogP) is 6.80. The van der Waals surface area contributed by atoms with Crippen LogP contribution in [0.15, 0.2) is 78.9 Å². The average molecular weight is 675 g/mol. The first-order valence-corrected chi connectivity index (χ1v) is 16.1. The molecule has 1 saturated heterocycles.